The molecule has 0 fully saturated rings. The molecule has 0 bridgehead atoms. The summed E-state index contributed by atoms with van der Waals surface area (Å²) in [6, 6.07) is 2.47. The summed E-state index contributed by atoms with van der Waals surface area (Å²) in [6.45, 7) is 1.41. The average Bonchev–Trinajstić information content (AvgIpc) is 1.87. The summed E-state index contributed by atoms with van der Waals surface area (Å²) in [5.41, 5.74) is 0. The Morgan fingerprint density at radius 1 is 1.60 bits per heavy atom. The summed E-state index contributed by atoms with van der Waals surface area (Å²) in [5, 5.41) is 2.34. The van der Waals surface area contributed by atoms with Gasteiger partial charge in [0.15, 0.2) is 0 Å². The van der Waals surface area contributed by atoms with Gasteiger partial charge in [-0.25, -0.2) is 0 Å². The molecule has 2 nitrogen and oxygen atoms in total. The third-order valence-electron chi connectivity index (χ3n) is 0.721. The number of amides is 1. The van der Waals surface area contributed by atoms with E-state index in [0.717, 1.165) is 0 Å². The van der Waals surface area contributed by atoms with E-state index in [-0.39, 0.29) is 5.91 Å². The molecule has 0 spiro atoms. The van der Waals surface area contributed by atoms with E-state index in [2.05, 4.69) is 23.2 Å². The highest BCUT2D eigenvalue weighted by molar-refractivity contribution is 5.74. The number of carbonyl (C=O) groups is 1. The second-order valence-electron chi connectivity index (χ2n) is 1.69. The number of rotatable bonds is 1. The predicted molar refractivity (Wildman–Crippen MR) is 39.7 cm³/mol. The van der Waals surface area contributed by atoms with Crippen molar-refractivity contribution in [3.05, 3.63) is 0 Å². The standard InChI is InChI=1S/C8H9NO/c1-3-4-5-6-7-9-8(2)10/h1H,4-5H2,2H3,(H,9,10). The van der Waals surface area contributed by atoms with Gasteiger partial charge in [-0.3, -0.25) is 10.1 Å². The first-order chi connectivity index (χ1) is 4.77. The van der Waals surface area contributed by atoms with Crippen molar-refractivity contribution in [2.24, 2.45) is 0 Å². The van der Waals surface area contributed by atoms with Crippen molar-refractivity contribution in [3.63, 3.8) is 0 Å². The number of carbonyl (C=O) groups excluding carboxylic acids is 1. The van der Waals surface area contributed by atoms with Crippen molar-refractivity contribution in [2.75, 3.05) is 0 Å². The minimum Gasteiger partial charge on any atom is -0.285 e. The normalized spacial score (nSPS) is 6.80. The molecule has 0 radical (unpaired) electrons. The number of hydrogen-bond donors (Lipinski definition) is 1. The van der Waals surface area contributed by atoms with Crippen molar-refractivity contribution in [1.82, 2.24) is 5.32 Å². The fourth-order valence-corrected chi connectivity index (χ4v) is 0.329. The Bertz CT molecular complexity index is 202. The molecule has 0 unspecified atom stereocenters. The molecule has 0 atom stereocenters. The Labute approximate surface area is 61.0 Å². The quantitative estimate of drug-likeness (QED) is 0.316. The van der Waals surface area contributed by atoms with E-state index in [0.29, 0.717) is 12.8 Å². The fourth-order valence-electron chi connectivity index (χ4n) is 0.329. The number of unbranched alkanes of at least 4 members (excludes halogenated alkanes) is 1. The second-order valence-corrected chi connectivity index (χ2v) is 1.69. The minimum absolute atomic E-state index is 0.145. The van der Waals surface area contributed by atoms with Crippen LogP contribution in [0.2, 0.25) is 0 Å². The van der Waals surface area contributed by atoms with Crippen LogP contribution in [0.15, 0.2) is 0 Å². The molecule has 2 heteroatoms. The van der Waals surface area contributed by atoms with Crippen LogP contribution < -0.4 is 5.32 Å². The van der Waals surface area contributed by atoms with Crippen LogP contribution in [0.3, 0.4) is 0 Å². The van der Waals surface area contributed by atoms with Crippen LogP contribution in [0.4, 0.5) is 0 Å². The lowest BCUT2D eigenvalue weighted by molar-refractivity contribution is -0.117. The lowest BCUT2D eigenvalue weighted by atomic mass is 10.3. The van der Waals surface area contributed by atoms with Gasteiger partial charge in [-0.15, -0.1) is 12.3 Å². The number of nitrogens with one attached hydrogen (secondary N) is 1. The zero-order valence-electron chi connectivity index (χ0n) is 5.90. The van der Waals surface area contributed by atoms with Gasteiger partial charge in [0.25, 0.3) is 0 Å². The van der Waals surface area contributed by atoms with Crippen molar-refractivity contribution in [3.8, 4) is 24.3 Å². The fraction of sp³-hybridized carbons (Fsp3) is 0.375. The van der Waals surface area contributed by atoms with Crippen molar-refractivity contribution in [1.29, 1.82) is 0 Å². The van der Waals surface area contributed by atoms with Crippen LogP contribution in [-0.4, -0.2) is 5.91 Å². The Morgan fingerprint density at radius 3 is 2.80 bits per heavy atom. The summed E-state index contributed by atoms with van der Waals surface area (Å²) in [7, 11) is 0. The van der Waals surface area contributed by atoms with Gasteiger partial charge in [0.1, 0.15) is 0 Å². The minimum atomic E-state index is -0.145. The molecule has 0 saturated carbocycles. The summed E-state index contributed by atoms with van der Waals surface area (Å²) in [5.74, 6) is 4.99. The lowest BCUT2D eigenvalue weighted by Gasteiger charge is -1.83. The van der Waals surface area contributed by atoms with E-state index in [4.69, 9.17) is 6.42 Å². The van der Waals surface area contributed by atoms with Crippen molar-refractivity contribution < 1.29 is 4.79 Å². The molecule has 0 aliphatic carbocycles. The smallest absolute Gasteiger partial charge is 0.228 e. The SMILES string of the molecule is C#CCCC#CNC(C)=O. The topological polar surface area (TPSA) is 29.1 Å². The molecular weight excluding hydrogens is 126 g/mol. The molecule has 0 aromatic carbocycles. The summed E-state index contributed by atoms with van der Waals surface area (Å²) >= 11 is 0. The molecule has 52 valence electrons. The highest BCUT2D eigenvalue weighted by Gasteiger charge is 1.79. The van der Waals surface area contributed by atoms with Gasteiger partial charge in [0.05, 0.1) is 0 Å². The van der Waals surface area contributed by atoms with E-state index in [1.807, 2.05) is 0 Å². The molecule has 1 amide bonds. The van der Waals surface area contributed by atoms with Crippen LogP contribution in [0, 0.1) is 24.3 Å². The molecular formula is C8H9NO. The van der Waals surface area contributed by atoms with Crippen molar-refractivity contribution in [2.45, 2.75) is 19.8 Å². The molecule has 10 heavy (non-hydrogen) atoms. The monoisotopic (exact) mass is 135 g/mol. The van der Waals surface area contributed by atoms with Gasteiger partial charge in [-0.1, -0.05) is 5.92 Å². The molecule has 0 aliphatic rings. The first-order valence-electron chi connectivity index (χ1n) is 2.95. The average molecular weight is 135 g/mol. The van der Waals surface area contributed by atoms with E-state index >= 15 is 0 Å². The van der Waals surface area contributed by atoms with E-state index in [1.54, 1.807) is 0 Å². The van der Waals surface area contributed by atoms with Gasteiger partial charge >= 0.3 is 0 Å². The maximum absolute atomic E-state index is 10.2. The maximum atomic E-state index is 10.2. The van der Waals surface area contributed by atoms with Gasteiger partial charge in [-0.05, 0) is 0 Å². The molecule has 0 aliphatic heterocycles. The Kier molecular flexibility index (Phi) is 4.91. The highest BCUT2D eigenvalue weighted by Crippen LogP contribution is 1.79. The molecule has 1 N–H and O–H groups in total. The van der Waals surface area contributed by atoms with Crippen LogP contribution in [0.25, 0.3) is 0 Å². The number of terminal acetylenes is 1. The molecule has 0 saturated heterocycles. The number of hydrogen-bond acceptors (Lipinski definition) is 1. The van der Waals surface area contributed by atoms with E-state index in [1.165, 1.54) is 6.92 Å². The predicted octanol–water partition coefficient (Wildman–Crippen LogP) is 0.497. The van der Waals surface area contributed by atoms with Crippen LogP contribution in [0.1, 0.15) is 19.8 Å². The zero-order valence-corrected chi connectivity index (χ0v) is 5.90. The van der Waals surface area contributed by atoms with E-state index in [9.17, 15) is 4.79 Å². The zero-order chi connectivity index (χ0) is 7.82. The first-order valence-corrected chi connectivity index (χ1v) is 2.95. The summed E-state index contributed by atoms with van der Waals surface area (Å²) in [6.07, 6.45) is 6.23. The van der Waals surface area contributed by atoms with Crippen LogP contribution >= 0.6 is 0 Å². The largest absolute Gasteiger partial charge is 0.285 e. The van der Waals surface area contributed by atoms with Crippen molar-refractivity contribution >= 4 is 5.91 Å². The second kappa shape index (κ2) is 5.72. The third kappa shape index (κ3) is 6.59. The van der Waals surface area contributed by atoms with Crippen LogP contribution in [-0.2, 0) is 4.79 Å². The molecule has 0 aromatic rings. The Balaban J connectivity index is 3.34. The summed E-state index contributed by atoms with van der Waals surface area (Å²) < 4.78 is 0. The molecule has 0 rings (SSSR count). The van der Waals surface area contributed by atoms with E-state index < -0.39 is 0 Å². The third-order valence-corrected chi connectivity index (χ3v) is 0.721. The van der Waals surface area contributed by atoms with Gasteiger partial charge in [-0.2, -0.15) is 0 Å². The highest BCUT2D eigenvalue weighted by atomic mass is 16.1. The molecule has 0 heterocycles. The van der Waals surface area contributed by atoms with Gasteiger partial charge in [0, 0.05) is 25.8 Å². The Hall–Kier alpha value is -1.41. The first kappa shape index (κ1) is 8.59. The van der Waals surface area contributed by atoms with Crippen LogP contribution in [0.5, 0.6) is 0 Å². The molecule has 0 aromatic heterocycles. The van der Waals surface area contributed by atoms with Gasteiger partial charge < -0.3 is 0 Å². The Morgan fingerprint density at radius 2 is 2.30 bits per heavy atom. The summed E-state index contributed by atoms with van der Waals surface area (Å²) in [4.78, 5) is 10.2. The van der Waals surface area contributed by atoms with Gasteiger partial charge in [0.2, 0.25) is 5.91 Å². The lowest BCUT2D eigenvalue weighted by Crippen LogP contribution is -2.11. The maximum Gasteiger partial charge on any atom is 0.228 e.